The second kappa shape index (κ2) is 3.03. The van der Waals surface area contributed by atoms with Crippen LogP contribution in [0.1, 0.15) is 18.5 Å². The lowest BCUT2D eigenvalue weighted by Crippen LogP contribution is -2.05. The largest absolute Gasteiger partial charge is 0.398 e. The van der Waals surface area contributed by atoms with Crippen LogP contribution in [0.25, 0.3) is 10.9 Å². The molecule has 0 aliphatic rings. The molecule has 0 saturated heterocycles. The van der Waals surface area contributed by atoms with Gasteiger partial charge in [-0.25, -0.2) is 0 Å². The summed E-state index contributed by atoms with van der Waals surface area (Å²) in [6.45, 7) is 1.96. The molecule has 0 saturated carbocycles. The normalized spacial score (nSPS) is 13.4. The smallest absolute Gasteiger partial charge is 0.0501 e. The molecule has 2 aromatic rings. The van der Waals surface area contributed by atoms with Crippen LogP contribution in [0.2, 0.25) is 0 Å². The summed E-state index contributed by atoms with van der Waals surface area (Å²) in [6.07, 6.45) is 2.01. The molecule has 74 valence electrons. The molecular formula is C11H15N3. The number of aryl methyl sites for hydroxylation is 1. The second-order valence-corrected chi connectivity index (χ2v) is 3.76. The number of anilines is 1. The highest BCUT2D eigenvalue weighted by Gasteiger charge is 2.06. The van der Waals surface area contributed by atoms with Gasteiger partial charge in [-0.15, -0.1) is 0 Å². The molecule has 0 aliphatic heterocycles. The molecule has 0 bridgehead atoms. The first-order chi connectivity index (χ1) is 6.59. The zero-order valence-corrected chi connectivity index (χ0v) is 8.49. The minimum atomic E-state index is 0.0246. The number of rotatable bonds is 1. The van der Waals surface area contributed by atoms with Crippen LogP contribution in [0.15, 0.2) is 24.4 Å². The van der Waals surface area contributed by atoms with Gasteiger partial charge in [0.2, 0.25) is 0 Å². The fourth-order valence-corrected chi connectivity index (χ4v) is 1.69. The molecule has 0 amide bonds. The molecular weight excluding hydrogens is 174 g/mol. The number of aromatic nitrogens is 1. The van der Waals surface area contributed by atoms with Gasteiger partial charge >= 0.3 is 0 Å². The second-order valence-electron chi connectivity index (χ2n) is 3.76. The van der Waals surface area contributed by atoms with Crippen LogP contribution < -0.4 is 11.5 Å². The van der Waals surface area contributed by atoms with Gasteiger partial charge in [0.05, 0.1) is 5.52 Å². The predicted octanol–water partition coefficient (Wildman–Crippen LogP) is 1.78. The van der Waals surface area contributed by atoms with Crippen molar-refractivity contribution in [2.75, 3.05) is 5.73 Å². The van der Waals surface area contributed by atoms with Gasteiger partial charge in [-0.05, 0) is 30.7 Å². The topological polar surface area (TPSA) is 57.0 Å². The van der Waals surface area contributed by atoms with E-state index in [1.807, 2.05) is 32.3 Å². The lowest BCUT2D eigenvalue weighted by molar-refractivity contribution is 0.818. The average molecular weight is 189 g/mol. The minimum absolute atomic E-state index is 0.0246. The van der Waals surface area contributed by atoms with Crippen molar-refractivity contribution in [3.05, 3.63) is 30.0 Å². The first-order valence-corrected chi connectivity index (χ1v) is 4.69. The number of fused-ring (bicyclic) bond motifs is 1. The molecule has 0 fully saturated rings. The lowest BCUT2D eigenvalue weighted by Gasteiger charge is -2.08. The van der Waals surface area contributed by atoms with E-state index in [0.717, 1.165) is 22.2 Å². The molecule has 3 nitrogen and oxygen atoms in total. The van der Waals surface area contributed by atoms with Gasteiger partial charge < -0.3 is 16.0 Å². The van der Waals surface area contributed by atoms with Crippen molar-refractivity contribution in [3.63, 3.8) is 0 Å². The van der Waals surface area contributed by atoms with Gasteiger partial charge in [-0.3, -0.25) is 0 Å². The van der Waals surface area contributed by atoms with E-state index < -0.39 is 0 Å². The monoisotopic (exact) mass is 189 g/mol. The summed E-state index contributed by atoms with van der Waals surface area (Å²) in [5.74, 6) is 0. The molecule has 0 spiro atoms. The predicted molar refractivity (Wildman–Crippen MR) is 59.9 cm³/mol. The molecule has 0 radical (unpaired) electrons. The standard InChI is InChI=1S/C11H15N3/c1-7(12)8-5-10(13)9-3-4-14(2)11(9)6-8/h3-7H,12-13H2,1-2H3/t7-/m1/s1. The number of nitrogens with two attached hydrogens (primary N) is 2. The number of hydrogen-bond acceptors (Lipinski definition) is 2. The van der Waals surface area contributed by atoms with Crippen molar-refractivity contribution >= 4 is 16.6 Å². The van der Waals surface area contributed by atoms with Gasteiger partial charge in [0.15, 0.2) is 0 Å². The third-order valence-corrected chi connectivity index (χ3v) is 2.58. The third kappa shape index (κ3) is 1.26. The maximum absolute atomic E-state index is 5.94. The Morgan fingerprint density at radius 3 is 2.71 bits per heavy atom. The lowest BCUT2D eigenvalue weighted by atomic mass is 10.1. The number of benzene rings is 1. The Hall–Kier alpha value is -1.48. The Morgan fingerprint density at radius 2 is 2.07 bits per heavy atom. The summed E-state index contributed by atoms with van der Waals surface area (Å²) < 4.78 is 2.05. The van der Waals surface area contributed by atoms with Crippen molar-refractivity contribution in [1.82, 2.24) is 4.57 Å². The Balaban J connectivity index is 2.75. The zero-order chi connectivity index (χ0) is 10.3. The van der Waals surface area contributed by atoms with Crippen LogP contribution in [0, 0.1) is 0 Å². The highest BCUT2D eigenvalue weighted by atomic mass is 14.9. The van der Waals surface area contributed by atoms with E-state index in [-0.39, 0.29) is 6.04 Å². The molecule has 2 rings (SSSR count). The van der Waals surface area contributed by atoms with Crippen LogP contribution in [-0.4, -0.2) is 4.57 Å². The van der Waals surface area contributed by atoms with Gasteiger partial charge in [0.25, 0.3) is 0 Å². The van der Waals surface area contributed by atoms with Crippen molar-refractivity contribution in [1.29, 1.82) is 0 Å². The van der Waals surface area contributed by atoms with E-state index in [2.05, 4.69) is 10.6 Å². The SMILES string of the molecule is C[C@@H](N)c1cc(N)c2ccn(C)c2c1. The molecule has 3 heteroatoms. The zero-order valence-electron chi connectivity index (χ0n) is 8.49. The van der Waals surface area contributed by atoms with Gasteiger partial charge in [-0.2, -0.15) is 0 Å². The Kier molecular flexibility index (Phi) is 1.97. The van der Waals surface area contributed by atoms with Crippen LogP contribution in [0.5, 0.6) is 0 Å². The molecule has 14 heavy (non-hydrogen) atoms. The molecule has 1 atom stereocenters. The fraction of sp³-hybridized carbons (Fsp3) is 0.273. The first-order valence-electron chi connectivity index (χ1n) is 4.69. The van der Waals surface area contributed by atoms with Crippen molar-refractivity contribution < 1.29 is 0 Å². The summed E-state index contributed by atoms with van der Waals surface area (Å²) in [6, 6.07) is 6.09. The molecule has 1 aromatic heterocycles. The van der Waals surface area contributed by atoms with E-state index in [1.165, 1.54) is 0 Å². The number of nitrogens with zero attached hydrogens (tertiary/aromatic N) is 1. The van der Waals surface area contributed by atoms with Crippen LogP contribution >= 0.6 is 0 Å². The fourth-order valence-electron chi connectivity index (χ4n) is 1.69. The summed E-state index contributed by atoms with van der Waals surface area (Å²) in [7, 11) is 2.01. The average Bonchev–Trinajstić information content (AvgIpc) is 2.48. The van der Waals surface area contributed by atoms with E-state index in [1.54, 1.807) is 0 Å². The molecule has 0 aliphatic carbocycles. The van der Waals surface area contributed by atoms with E-state index in [9.17, 15) is 0 Å². The van der Waals surface area contributed by atoms with Gasteiger partial charge in [0.1, 0.15) is 0 Å². The Bertz CT molecular complexity index is 469. The first kappa shape index (κ1) is 9.09. The summed E-state index contributed by atoms with van der Waals surface area (Å²) >= 11 is 0. The van der Waals surface area contributed by atoms with Crippen LogP contribution in [-0.2, 0) is 7.05 Å². The summed E-state index contributed by atoms with van der Waals surface area (Å²) in [4.78, 5) is 0. The van der Waals surface area contributed by atoms with E-state index >= 15 is 0 Å². The molecule has 1 aromatic carbocycles. The Morgan fingerprint density at radius 1 is 1.36 bits per heavy atom. The summed E-state index contributed by atoms with van der Waals surface area (Å²) in [5.41, 5.74) is 14.8. The number of hydrogen-bond donors (Lipinski definition) is 2. The number of nitrogen functional groups attached to an aromatic ring is 1. The Labute approximate surface area is 83.3 Å². The van der Waals surface area contributed by atoms with Gasteiger partial charge in [0, 0.05) is 30.4 Å². The van der Waals surface area contributed by atoms with Crippen molar-refractivity contribution in [3.8, 4) is 0 Å². The molecule has 1 heterocycles. The highest BCUT2D eigenvalue weighted by Crippen LogP contribution is 2.25. The summed E-state index contributed by atoms with van der Waals surface area (Å²) in [5, 5.41) is 1.09. The van der Waals surface area contributed by atoms with E-state index in [4.69, 9.17) is 11.5 Å². The van der Waals surface area contributed by atoms with Crippen molar-refractivity contribution in [2.24, 2.45) is 12.8 Å². The minimum Gasteiger partial charge on any atom is -0.398 e. The maximum Gasteiger partial charge on any atom is 0.0501 e. The van der Waals surface area contributed by atoms with Crippen LogP contribution in [0.4, 0.5) is 5.69 Å². The van der Waals surface area contributed by atoms with Gasteiger partial charge in [-0.1, -0.05) is 0 Å². The molecule has 4 N–H and O–H groups in total. The highest BCUT2D eigenvalue weighted by molar-refractivity contribution is 5.92. The maximum atomic E-state index is 5.94. The van der Waals surface area contributed by atoms with Crippen LogP contribution in [0.3, 0.4) is 0 Å². The third-order valence-electron chi connectivity index (χ3n) is 2.58. The molecule has 0 unspecified atom stereocenters. The van der Waals surface area contributed by atoms with E-state index in [0.29, 0.717) is 0 Å². The quantitative estimate of drug-likeness (QED) is 0.672. The van der Waals surface area contributed by atoms with Crippen molar-refractivity contribution in [2.45, 2.75) is 13.0 Å².